The molecule has 0 unspecified atom stereocenters. The third-order valence-corrected chi connectivity index (χ3v) is 4.28. The van der Waals surface area contributed by atoms with Gasteiger partial charge in [-0.3, -0.25) is 4.79 Å². The molecule has 1 aromatic heterocycles. The summed E-state index contributed by atoms with van der Waals surface area (Å²) in [6, 6.07) is 18.1. The number of rotatable bonds is 7. The predicted octanol–water partition coefficient (Wildman–Crippen LogP) is 4.51. The van der Waals surface area contributed by atoms with E-state index in [0.29, 0.717) is 11.7 Å². The van der Waals surface area contributed by atoms with E-state index in [1.165, 1.54) is 17.3 Å². The van der Waals surface area contributed by atoms with Crippen LogP contribution in [0.4, 0.5) is 11.5 Å². The van der Waals surface area contributed by atoms with Gasteiger partial charge >= 0.3 is 0 Å². The average molecular weight is 360 g/mol. The van der Waals surface area contributed by atoms with Gasteiger partial charge in [0, 0.05) is 12.2 Å². The first kappa shape index (κ1) is 18.6. The molecule has 27 heavy (non-hydrogen) atoms. The SMILES string of the molecule is CC(C)c1ccc(NC(=O)c2cnc(NCCc3ccccc3)cn2)cc1. The lowest BCUT2D eigenvalue weighted by atomic mass is 10.0. The first-order valence-corrected chi connectivity index (χ1v) is 9.13. The van der Waals surface area contributed by atoms with Crippen molar-refractivity contribution in [3.05, 3.63) is 83.8 Å². The predicted molar refractivity (Wildman–Crippen MR) is 109 cm³/mol. The first-order chi connectivity index (χ1) is 13.1. The Hall–Kier alpha value is -3.21. The second-order valence-electron chi connectivity index (χ2n) is 6.68. The molecule has 138 valence electrons. The Morgan fingerprint density at radius 1 is 0.963 bits per heavy atom. The number of aromatic nitrogens is 2. The first-order valence-electron chi connectivity index (χ1n) is 9.13. The molecular formula is C22H24N4O. The topological polar surface area (TPSA) is 66.9 Å². The van der Waals surface area contributed by atoms with Gasteiger partial charge in [0.2, 0.25) is 0 Å². The highest BCUT2D eigenvalue weighted by Crippen LogP contribution is 2.17. The zero-order valence-corrected chi connectivity index (χ0v) is 15.6. The number of anilines is 2. The van der Waals surface area contributed by atoms with Crippen molar-refractivity contribution in [2.24, 2.45) is 0 Å². The number of hydrogen-bond acceptors (Lipinski definition) is 4. The number of nitrogens with one attached hydrogen (secondary N) is 2. The third-order valence-electron chi connectivity index (χ3n) is 4.28. The van der Waals surface area contributed by atoms with Crippen molar-refractivity contribution in [2.75, 3.05) is 17.2 Å². The van der Waals surface area contributed by atoms with E-state index in [-0.39, 0.29) is 11.6 Å². The van der Waals surface area contributed by atoms with Gasteiger partial charge in [-0.15, -0.1) is 0 Å². The van der Waals surface area contributed by atoms with E-state index in [1.54, 1.807) is 6.20 Å². The van der Waals surface area contributed by atoms with Gasteiger partial charge in [0.1, 0.15) is 11.5 Å². The van der Waals surface area contributed by atoms with Gasteiger partial charge < -0.3 is 10.6 Å². The van der Waals surface area contributed by atoms with Crippen LogP contribution in [-0.4, -0.2) is 22.4 Å². The highest BCUT2D eigenvalue weighted by atomic mass is 16.1. The van der Waals surface area contributed by atoms with Crippen molar-refractivity contribution in [3.63, 3.8) is 0 Å². The van der Waals surface area contributed by atoms with E-state index in [0.717, 1.165) is 18.7 Å². The molecule has 3 rings (SSSR count). The third kappa shape index (κ3) is 5.38. The van der Waals surface area contributed by atoms with Gasteiger partial charge in [-0.05, 0) is 35.6 Å². The molecule has 1 amide bonds. The fourth-order valence-electron chi connectivity index (χ4n) is 2.66. The van der Waals surface area contributed by atoms with Crippen molar-refractivity contribution in [2.45, 2.75) is 26.2 Å². The van der Waals surface area contributed by atoms with Crippen LogP contribution in [-0.2, 0) is 6.42 Å². The average Bonchev–Trinajstić information content (AvgIpc) is 2.70. The molecule has 5 nitrogen and oxygen atoms in total. The van der Waals surface area contributed by atoms with Crippen LogP contribution < -0.4 is 10.6 Å². The standard InChI is InChI=1S/C22H24N4O/c1-16(2)18-8-10-19(11-9-18)26-22(27)20-14-25-21(15-24-20)23-13-12-17-6-4-3-5-7-17/h3-11,14-16H,12-13H2,1-2H3,(H,23,25)(H,26,27). The van der Waals surface area contributed by atoms with Crippen molar-refractivity contribution >= 4 is 17.4 Å². The zero-order chi connectivity index (χ0) is 19.1. The van der Waals surface area contributed by atoms with Crippen LogP contribution in [0.2, 0.25) is 0 Å². The molecule has 0 aliphatic heterocycles. The lowest BCUT2D eigenvalue weighted by Gasteiger charge is -2.09. The summed E-state index contributed by atoms with van der Waals surface area (Å²) in [7, 11) is 0. The number of benzene rings is 2. The molecule has 1 heterocycles. The zero-order valence-electron chi connectivity index (χ0n) is 15.6. The Balaban J connectivity index is 1.52. The van der Waals surface area contributed by atoms with Crippen LogP contribution in [0, 0.1) is 0 Å². The summed E-state index contributed by atoms with van der Waals surface area (Å²) in [6.07, 6.45) is 3.97. The molecule has 0 saturated heterocycles. The van der Waals surface area contributed by atoms with Crippen molar-refractivity contribution < 1.29 is 4.79 Å². The van der Waals surface area contributed by atoms with Crippen LogP contribution in [0.3, 0.4) is 0 Å². The summed E-state index contributed by atoms with van der Waals surface area (Å²) in [4.78, 5) is 20.8. The summed E-state index contributed by atoms with van der Waals surface area (Å²) in [5.74, 6) is 0.849. The van der Waals surface area contributed by atoms with Crippen molar-refractivity contribution in [3.8, 4) is 0 Å². The summed E-state index contributed by atoms with van der Waals surface area (Å²) in [6.45, 7) is 5.03. The largest absolute Gasteiger partial charge is 0.368 e. The van der Waals surface area contributed by atoms with Crippen LogP contribution in [0.25, 0.3) is 0 Å². The van der Waals surface area contributed by atoms with Gasteiger partial charge in [-0.1, -0.05) is 56.3 Å². The monoisotopic (exact) mass is 360 g/mol. The second kappa shape index (κ2) is 8.94. The van der Waals surface area contributed by atoms with Crippen LogP contribution in [0.15, 0.2) is 67.0 Å². The molecule has 3 aromatic rings. The molecule has 0 radical (unpaired) electrons. The Kier molecular flexibility index (Phi) is 6.15. The van der Waals surface area contributed by atoms with E-state index >= 15 is 0 Å². The fourth-order valence-corrected chi connectivity index (χ4v) is 2.66. The van der Waals surface area contributed by atoms with Crippen molar-refractivity contribution in [1.82, 2.24) is 9.97 Å². The van der Waals surface area contributed by atoms with E-state index in [2.05, 4.69) is 46.6 Å². The van der Waals surface area contributed by atoms with E-state index in [4.69, 9.17) is 0 Å². The van der Waals surface area contributed by atoms with Crippen LogP contribution in [0.5, 0.6) is 0 Å². The summed E-state index contributed by atoms with van der Waals surface area (Å²) in [5, 5.41) is 6.07. The number of carbonyl (C=O) groups is 1. The minimum absolute atomic E-state index is 0.268. The van der Waals surface area contributed by atoms with E-state index in [9.17, 15) is 4.79 Å². The molecular weight excluding hydrogens is 336 g/mol. The second-order valence-corrected chi connectivity index (χ2v) is 6.68. The molecule has 5 heteroatoms. The molecule has 0 saturated carbocycles. The highest BCUT2D eigenvalue weighted by molar-refractivity contribution is 6.02. The summed E-state index contributed by atoms with van der Waals surface area (Å²) < 4.78 is 0. The maximum absolute atomic E-state index is 12.3. The number of hydrogen-bond donors (Lipinski definition) is 2. The minimum Gasteiger partial charge on any atom is -0.368 e. The van der Waals surface area contributed by atoms with Crippen LogP contribution >= 0.6 is 0 Å². The minimum atomic E-state index is -0.268. The Bertz CT molecular complexity index is 859. The van der Waals surface area contributed by atoms with Gasteiger partial charge in [-0.2, -0.15) is 0 Å². The number of amides is 1. The Morgan fingerprint density at radius 3 is 2.33 bits per heavy atom. The van der Waals surface area contributed by atoms with Crippen molar-refractivity contribution in [1.29, 1.82) is 0 Å². The number of nitrogens with zero attached hydrogens (tertiary/aromatic N) is 2. The lowest BCUT2D eigenvalue weighted by Crippen LogP contribution is -2.15. The highest BCUT2D eigenvalue weighted by Gasteiger charge is 2.09. The molecule has 0 bridgehead atoms. The summed E-state index contributed by atoms with van der Waals surface area (Å²) >= 11 is 0. The normalized spacial score (nSPS) is 10.6. The molecule has 0 aliphatic rings. The maximum Gasteiger partial charge on any atom is 0.275 e. The van der Waals surface area contributed by atoms with Gasteiger partial charge in [0.25, 0.3) is 5.91 Å². The Labute approximate surface area is 159 Å². The Morgan fingerprint density at radius 2 is 1.70 bits per heavy atom. The quantitative estimate of drug-likeness (QED) is 0.651. The number of carbonyl (C=O) groups excluding carboxylic acids is 1. The molecule has 0 spiro atoms. The molecule has 0 fully saturated rings. The van der Waals surface area contributed by atoms with E-state index in [1.807, 2.05) is 42.5 Å². The van der Waals surface area contributed by atoms with Gasteiger partial charge in [0.15, 0.2) is 0 Å². The van der Waals surface area contributed by atoms with E-state index < -0.39 is 0 Å². The van der Waals surface area contributed by atoms with Gasteiger partial charge in [0.05, 0.1) is 12.4 Å². The molecule has 2 aromatic carbocycles. The van der Waals surface area contributed by atoms with Gasteiger partial charge in [-0.25, -0.2) is 9.97 Å². The maximum atomic E-state index is 12.3. The molecule has 0 aliphatic carbocycles. The molecule has 0 atom stereocenters. The smallest absolute Gasteiger partial charge is 0.275 e. The summed E-state index contributed by atoms with van der Waals surface area (Å²) in [5.41, 5.74) is 3.53. The molecule has 2 N–H and O–H groups in total. The lowest BCUT2D eigenvalue weighted by molar-refractivity contribution is 0.102. The van der Waals surface area contributed by atoms with Crippen LogP contribution in [0.1, 0.15) is 41.4 Å². The fraction of sp³-hybridized carbons (Fsp3) is 0.227.